The zero-order valence-corrected chi connectivity index (χ0v) is 9.16. The first kappa shape index (κ1) is 11.2. The largest absolute Gasteiger partial charge is 0.372 e. The van der Waals surface area contributed by atoms with E-state index in [1.165, 1.54) is 5.69 Å². The first-order valence-electron chi connectivity index (χ1n) is 5.04. The molecule has 0 fully saturated rings. The lowest BCUT2D eigenvalue weighted by Gasteiger charge is -2.11. The van der Waals surface area contributed by atoms with Crippen LogP contribution < -0.4 is 5.73 Å². The third kappa shape index (κ3) is 2.33. The Morgan fingerprint density at radius 3 is 2.86 bits per heavy atom. The van der Waals surface area contributed by atoms with Crippen LogP contribution >= 0.6 is 0 Å². The zero-order valence-electron chi connectivity index (χ0n) is 9.16. The summed E-state index contributed by atoms with van der Waals surface area (Å²) in [6.45, 7) is 8.22. The number of aromatic nitrogens is 2. The molecule has 0 saturated carbocycles. The zero-order chi connectivity index (χ0) is 10.6. The van der Waals surface area contributed by atoms with E-state index in [-0.39, 0.29) is 6.10 Å². The molecule has 0 bridgehead atoms. The van der Waals surface area contributed by atoms with Crippen molar-refractivity contribution >= 4 is 0 Å². The fourth-order valence-corrected chi connectivity index (χ4v) is 1.51. The Balaban J connectivity index is 2.69. The van der Waals surface area contributed by atoms with Crippen molar-refractivity contribution in [2.45, 2.75) is 33.4 Å². The van der Waals surface area contributed by atoms with Gasteiger partial charge in [0.1, 0.15) is 0 Å². The fraction of sp³-hybridized carbons (Fsp3) is 0.700. The summed E-state index contributed by atoms with van der Waals surface area (Å²) in [7, 11) is 0. The van der Waals surface area contributed by atoms with E-state index in [1.807, 2.05) is 17.8 Å². The maximum Gasteiger partial charge on any atom is 0.0830 e. The van der Waals surface area contributed by atoms with Crippen molar-refractivity contribution in [2.24, 2.45) is 5.73 Å². The average Bonchev–Trinajstić information content (AvgIpc) is 2.56. The molecule has 14 heavy (non-hydrogen) atoms. The minimum Gasteiger partial charge on any atom is -0.372 e. The Bertz CT molecular complexity index is 283. The van der Waals surface area contributed by atoms with Gasteiger partial charge < -0.3 is 10.5 Å². The van der Waals surface area contributed by atoms with Gasteiger partial charge in [-0.1, -0.05) is 0 Å². The summed E-state index contributed by atoms with van der Waals surface area (Å²) in [5.41, 5.74) is 7.71. The standard InChI is InChI=1S/C10H19N3O/c1-4-13-8(2)10(7-12-13)9(3)14-6-5-11/h7,9H,4-6,11H2,1-3H3/t9-/m0/s1. The molecular weight excluding hydrogens is 178 g/mol. The highest BCUT2D eigenvalue weighted by Gasteiger charge is 2.12. The maximum absolute atomic E-state index is 5.54. The van der Waals surface area contributed by atoms with Crippen molar-refractivity contribution in [1.29, 1.82) is 0 Å². The molecular formula is C10H19N3O. The molecule has 2 N–H and O–H groups in total. The number of nitrogens with zero attached hydrogens (tertiary/aromatic N) is 2. The smallest absolute Gasteiger partial charge is 0.0830 e. The van der Waals surface area contributed by atoms with E-state index in [0.29, 0.717) is 13.2 Å². The Morgan fingerprint density at radius 2 is 2.36 bits per heavy atom. The summed E-state index contributed by atoms with van der Waals surface area (Å²) < 4.78 is 7.51. The second-order valence-corrected chi connectivity index (χ2v) is 3.30. The van der Waals surface area contributed by atoms with E-state index < -0.39 is 0 Å². The lowest BCUT2D eigenvalue weighted by molar-refractivity contribution is 0.0713. The van der Waals surface area contributed by atoms with Crippen LogP contribution in [-0.4, -0.2) is 22.9 Å². The molecule has 1 heterocycles. The molecule has 1 rings (SSSR count). The van der Waals surface area contributed by atoms with Gasteiger partial charge in [0, 0.05) is 24.3 Å². The molecule has 0 spiro atoms. The molecule has 1 aromatic rings. The van der Waals surface area contributed by atoms with Gasteiger partial charge in [0.2, 0.25) is 0 Å². The lowest BCUT2D eigenvalue weighted by Crippen LogP contribution is -2.11. The minimum atomic E-state index is 0.0823. The van der Waals surface area contributed by atoms with E-state index in [4.69, 9.17) is 10.5 Å². The van der Waals surface area contributed by atoms with E-state index >= 15 is 0 Å². The lowest BCUT2D eigenvalue weighted by atomic mass is 10.2. The van der Waals surface area contributed by atoms with Crippen LogP contribution in [0, 0.1) is 6.92 Å². The first-order chi connectivity index (χ1) is 6.70. The Morgan fingerprint density at radius 1 is 1.64 bits per heavy atom. The quantitative estimate of drug-likeness (QED) is 0.773. The highest BCUT2D eigenvalue weighted by Crippen LogP contribution is 2.19. The second kappa shape index (κ2) is 5.12. The van der Waals surface area contributed by atoms with Crippen LogP contribution in [0.25, 0.3) is 0 Å². The van der Waals surface area contributed by atoms with Crippen molar-refractivity contribution in [1.82, 2.24) is 9.78 Å². The minimum absolute atomic E-state index is 0.0823. The van der Waals surface area contributed by atoms with Crippen molar-refractivity contribution < 1.29 is 4.74 Å². The normalized spacial score (nSPS) is 13.1. The summed E-state index contributed by atoms with van der Waals surface area (Å²) in [5, 5.41) is 4.27. The van der Waals surface area contributed by atoms with E-state index in [9.17, 15) is 0 Å². The number of ether oxygens (including phenoxy) is 1. The van der Waals surface area contributed by atoms with Crippen LogP contribution in [0.1, 0.15) is 31.2 Å². The second-order valence-electron chi connectivity index (χ2n) is 3.30. The van der Waals surface area contributed by atoms with Gasteiger partial charge in [-0.05, 0) is 20.8 Å². The number of rotatable bonds is 5. The molecule has 0 amide bonds. The predicted molar refractivity (Wildman–Crippen MR) is 56.1 cm³/mol. The third-order valence-electron chi connectivity index (χ3n) is 2.36. The van der Waals surface area contributed by atoms with Gasteiger partial charge in [-0.25, -0.2) is 0 Å². The Hall–Kier alpha value is -0.870. The van der Waals surface area contributed by atoms with Gasteiger partial charge in [0.25, 0.3) is 0 Å². The van der Waals surface area contributed by atoms with Crippen LogP contribution in [0.4, 0.5) is 0 Å². The summed E-state index contributed by atoms with van der Waals surface area (Å²) in [5.74, 6) is 0. The molecule has 0 aliphatic heterocycles. The first-order valence-corrected chi connectivity index (χ1v) is 5.04. The topological polar surface area (TPSA) is 53.1 Å². The predicted octanol–water partition coefficient (Wildman–Crippen LogP) is 1.25. The van der Waals surface area contributed by atoms with Crippen molar-refractivity contribution in [3.63, 3.8) is 0 Å². The maximum atomic E-state index is 5.54. The molecule has 0 unspecified atom stereocenters. The molecule has 4 nitrogen and oxygen atoms in total. The van der Waals surface area contributed by atoms with Gasteiger partial charge in [0.15, 0.2) is 0 Å². The van der Waals surface area contributed by atoms with Crippen LogP contribution in [0.2, 0.25) is 0 Å². The third-order valence-corrected chi connectivity index (χ3v) is 2.36. The summed E-state index contributed by atoms with van der Waals surface area (Å²) in [6.07, 6.45) is 1.96. The SMILES string of the molecule is CCn1ncc([C@H](C)OCCN)c1C. The molecule has 80 valence electrons. The number of aryl methyl sites for hydroxylation is 1. The molecule has 1 aromatic heterocycles. The Kier molecular flexibility index (Phi) is 4.10. The van der Waals surface area contributed by atoms with E-state index in [0.717, 1.165) is 12.1 Å². The van der Waals surface area contributed by atoms with Crippen molar-refractivity contribution in [2.75, 3.05) is 13.2 Å². The number of hydrogen-bond acceptors (Lipinski definition) is 3. The molecule has 0 aromatic carbocycles. The summed E-state index contributed by atoms with van der Waals surface area (Å²) >= 11 is 0. The van der Waals surface area contributed by atoms with Crippen LogP contribution in [0.5, 0.6) is 0 Å². The van der Waals surface area contributed by atoms with Gasteiger partial charge in [0.05, 0.1) is 18.9 Å². The number of hydrogen-bond donors (Lipinski definition) is 1. The monoisotopic (exact) mass is 197 g/mol. The molecule has 0 aliphatic rings. The summed E-state index contributed by atoms with van der Waals surface area (Å²) in [6, 6.07) is 0. The average molecular weight is 197 g/mol. The van der Waals surface area contributed by atoms with Crippen LogP contribution in [0.3, 0.4) is 0 Å². The highest BCUT2D eigenvalue weighted by molar-refractivity contribution is 5.18. The van der Waals surface area contributed by atoms with Crippen molar-refractivity contribution in [3.8, 4) is 0 Å². The van der Waals surface area contributed by atoms with Crippen LogP contribution in [-0.2, 0) is 11.3 Å². The highest BCUT2D eigenvalue weighted by atomic mass is 16.5. The fourth-order valence-electron chi connectivity index (χ4n) is 1.51. The van der Waals surface area contributed by atoms with Gasteiger partial charge in [-0.3, -0.25) is 4.68 Å². The van der Waals surface area contributed by atoms with E-state index in [2.05, 4.69) is 18.9 Å². The van der Waals surface area contributed by atoms with E-state index in [1.54, 1.807) is 0 Å². The molecule has 0 radical (unpaired) electrons. The van der Waals surface area contributed by atoms with Crippen LogP contribution in [0.15, 0.2) is 6.20 Å². The molecule has 1 atom stereocenters. The Labute approximate surface area is 85.0 Å². The van der Waals surface area contributed by atoms with Gasteiger partial charge >= 0.3 is 0 Å². The summed E-state index contributed by atoms with van der Waals surface area (Å²) in [4.78, 5) is 0. The molecule has 0 saturated heterocycles. The molecule has 0 aliphatic carbocycles. The van der Waals surface area contributed by atoms with Gasteiger partial charge in [-0.15, -0.1) is 0 Å². The van der Waals surface area contributed by atoms with Gasteiger partial charge in [-0.2, -0.15) is 5.10 Å². The number of nitrogens with two attached hydrogens (primary N) is 1. The molecule has 4 heteroatoms. The van der Waals surface area contributed by atoms with Crippen molar-refractivity contribution in [3.05, 3.63) is 17.5 Å².